The van der Waals surface area contributed by atoms with Gasteiger partial charge in [0.05, 0.1) is 11.6 Å². The molecule has 2 aromatic carbocycles. The van der Waals surface area contributed by atoms with Crippen molar-refractivity contribution in [2.45, 2.75) is 19.4 Å². The SMILES string of the molecule is CC[C@H](NC(=O)COc1ccccc1C(N)=O)c1ccc(Br)cc1. The second-order valence-electron chi connectivity index (χ2n) is 5.23. The van der Waals surface area contributed by atoms with Gasteiger partial charge in [-0.3, -0.25) is 9.59 Å². The van der Waals surface area contributed by atoms with Crippen molar-refractivity contribution in [3.63, 3.8) is 0 Å². The van der Waals surface area contributed by atoms with Crippen LogP contribution in [0.5, 0.6) is 5.75 Å². The molecule has 0 spiro atoms. The van der Waals surface area contributed by atoms with Crippen molar-refractivity contribution >= 4 is 27.7 Å². The van der Waals surface area contributed by atoms with E-state index in [9.17, 15) is 9.59 Å². The van der Waals surface area contributed by atoms with Crippen LogP contribution in [0.15, 0.2) is 53.0 Å². The zero-order valence-corrected chi connectivity index (χ0v) is 14.9. The number of para-hydroxylation sites is 1. The molecule has 0 heterocycles. The highest BCUT2D eigenvalue weighted by atomic mass is 79.9. The minimum atomic E-state index is -0.590. The Balaban J connectivity index is 1.97. The number of amides is 2. The van der Waals surface area contributed by atoms with E-state index in [2.05, 4.69) is 21.2 Å². The number of carbonyl (C=O) groups is 2. The Bertz CT molecular complexity index is 716. The third-order valence-electron chi connectivity index (χ3n) is 3.53. The monoisotopic (exact) mass is 390 g/mol. The van der Waals surface area contributed by atoms with E-state index in [0.29, 0.717) is 5.75 Å². The van der Waals surface area contributed by atoms with Gasteiger partial charge in [-0.15, -0.1) is 0 Å². The van der Waals surface area contributed by atoms with E-state index >= 15 is 0 Å². The lowest BCUT2D eigenvalue weighted by molar-refractivity contribution is -0.123. The Hall–Kier alpha value is -2.34. The van der Waals surface area contributed by atoms with Crippen LogP contribution in [-0.2, 0) is 4.79 Å². The van der Waals surface area contributed by atoms with E-state index in [1.165, 1.54) is 0 Å². The fraction of sp³-hybridized carbons (Fsp3) is 0.222. The molecule has 0 aliphatic carbocycles. The smallest absolute Gasteiger partial charge is 0.258 e. The summed E-state index contributed by atoms with van der Waals surface area (Å²) in [5.74, 6) is -0.548. The normalized spacial score (nSPS) is 11.6. The summed E-state index contributed by atoms with van der Waals surface area (Å²) in [5.41, 5.74) is 6.56. The largest absolute Gasteiger partial charge is 0.483 e. The molecule has 126 valence electrons. The Morgan fingerprint density at radius 2 is 1.83 bits per heavy atom. The first kappa shape index (κ1) is 18.0. The molecular formula is C18H19BrN2O3. The lowest BCUT2D eigenvalue weighted by Crippen LogP contribution is -2.32. The topological polar surface area (TPSA) is 81.4 Å². The summed E-state index contributed by atoms with van der Waals surface area (Å²) in [7, 11) is 0. The molecule has 2 aromatic rings. The molecule has 0 radical (unpaired) electrons. The first-order chi connectivity index (χ1) is 11.5. The third kappa shape index (κ3) is 4.83. The van der Waals surface area contributed by atoms with Crippen LogP contribution in [0, 0.1) is 0 Å². The maximum absolute atomic E-state index is 12.1. The molecule has 0 saturated heterocycles. The van der Waals surface area contributed by atoms with Gasteiger partial charge < -0.3 is 15.8 Å². The molecule has 3 N–H and O–H groups in total. The van der Waals surface area contributed by atoms with Gasteiger partial charge in [0.2, 0.25) is 0 Å². The van der Waals surface area contributed by atoms with Crippen molar-refractivity contribution in [1.29, 1.82) is 0 Å². The number of nitrogens with one attached hydrogen (secondary N) is 1. The molecule has 5 nitrogen and oxygen atoms in total. The summed E-state index contributed by atoms with van der Waals surface area (Å²) >= 11 is 3.39. The molecule has 0 aromatic heterocycles. The van der Waals surface area contributed by atoms with Crippen molar-refractivity contribution in [3.05, 3.63) is 64.1 Å². The molecule has 24 heavy (non-hydrogen) atoms. The van der Waals surface area contributed by atoms with Crippen LogP contribution in [0.2, 0.25) is 0 Å². The Kier molecular flexibility index (Phi) is 6.37. The number of nitrogens with two attached hydrogens (primary N) is 1. The predicted molar refractivity (Wildman–Crippen MR) is 95.8 cm³/mol. The number of benzene rings is 2. The van der Waals surface area contributed by atoms with Gasteiger partial charge in [0, 0.05) is 4.47 Å². The van der Waals surface area contributed by atoms with Crippen molar-refractivity contribution in [3.8, 4) is 5.75 Å². The summed E-state index contributed by atoms with van der Waals surface area (Å²) in [5, 5.41) is 2.93. The highest BCUT2D eigenvalue weighted by Gasteiger charge is 2.14. The lowest BCUT2D eigenvalue weighted by Gasteiger charge is -2.18. The molecule has 6 heteroatoms. The number of rotatable bonds is 7. The molecule has 0 unspecified atom stereocenters. The first-order valence-corrected chi connectivity index (χ1v) is 8.37. The Labute approximate surface area is 149 Å². The molecule has 0 bridgehead atoms. The maximum atomic E-state index is 12.1. The Morgan fingerprint density at radius 1 is 1.17 bits per heavy atom. The molecule has 0 aliphatic rings. The average molecular weight is 391 g/mol. The molecule has 0 aliphatic heterocycles. The second-order valence-corrected chi connectivity index (χ2v) is 6.14. The van der Waals surface area contributed by atoms with Crippen LogP contribution in [0.3, 0.4) is 0 Å². The molecule has 0 fully saturated rings. The van der Waals surface area contributed by atoms with Crippen LogP contribution in [0.25, 0.3) is 0 Å². The summed E-state index contributed by atoms with van der Waals surface area (Å²) in [6.07, 6.45) is 0.755. The van der Waals surface area contributed by atoms with Crippen LogP contribution in [-0.4, -0.2) is 18.4 Å². The first-order valence-electron chi connectivity index (χ1n) is 7.57. The van der Waals surface area contributed by atoms with Gasteiger partial charge in [0.25, 0.3) is 11.8 Å². The maximum Gasteiger partial charge on any atom is 0.258 e. The molecule has 2 rings (SSSR count). The van der Waals surface area contributed by atoms with Gasteiger partial charge in [-0.25, -0.2) is 0 Å². The molecule has 0 saturated carbocycles. The van der Waals surface area contributed by atoms with E-state index in [0.717, 1.165) is 16.5 Å². The highest BCUT2D eigenvalue weighted by Crippen LogP contribution is 2.20. The number of halogens is 1. The van der Waals surface area contributed by atoms with Crippen LogP contribution in [0.1, 0.15) is 35.3 Å². The van der Waals surface area contributed by atoms with E-state index in [4.69, 9.17) is 10.5 Å². The van der Waals surface area contributed by atoms with Crippen LogP contribution >= 0.6 is 15.9 Å². The number of ether oxygens (including phenoxy) is 1. The van der Waals surface area contributed by atoms with Gasteiger partial charge in [-0.2, -0.15) is 0 Å². The van der Waals surface area contributed by atoms with E-state index in [1.807, 2.05) is 31.2 Å². The third-order valence-corrected chi connectivity index (χ3v) is 4.06. The van der Waals surface area contributed by atoms with Crippen molar-refractivity contribution in [2.75, 3.05) is 6.61 Å². The minimum Gasteiger partial charge on any atom is -0.483 e. The van der Waals surface area contributed by atoms with E-state index < -0.39 is 5.91 Å². The molecular weight excluding hydrogens is 372 g/mol. The van der Waals surface area contributed by atoms with Crippen molar-refractivity contribution in [1.82, 2.24) is 5.32 Å². The zero-order chi connectivity index (χ0) is 17.5. The highest BCUT2D eigenvalue weighted by molar-refractivity contribution is 9.10. The lowest BCUT2D eigenvalue weighted by atomic mass is 10.0. The van der Waals surface area contributed by atoms with Gasteiger partial charge in [-0.05, 0) is 36.2 Å². The van der Waals surface area contributed by atoms with Gasteiger partial charge >= 0.3 is 0 Å². The van der Waals surface area contributed by atoms with Gasteiger partial charge in [0.15, 0.2) is 6.61 Å². The van der Waals surface area contributed by atoms with Crippen LogP contribution < -0.4 is 15.8 Å². The second kappa shape index (κ2) is 8.49. The fourth-order valence-electron chi connectivity index (χ4n) is 2.29. The van der Waals surface area contributed by atoms with Crippen molar-refractivity contribution in [2.24, 2.45) is 5.73 Å². The molecule has 2 amide bonds. The summed E-state index contributed by atoms with van der Waals surface area (Å²) in [4.78, 5) is 23.5. The van der Waals surface area contributed by atoms with Gasteiger partial charge in [0.1, 0.15) is 5.75 Å². The van der Waals surface area contributed by atoms with E-state index in [-0.39, 0.29) is 24.1 Å². The summed E-state index contributed by atoms with van der Waals surface area (Å²) in [6.45, 7) is 1.81. The van der Waals surface area contributed by atoms with Crippen LogP contribution in [0.4, 0.5) is 0 Å². The number of carbonyl (C=O) groups excluding carboxylic acids is 2. The van der Waals surface area contributed by atoms with E-state index in [1.54, 1.807) is 24.3 Å². The number of hydrogen-bond acceptors (Lipinski definition) is 3. The molecule has 1 atom stereocenters. The predicted octanol–water partition coefficient (Wildman–Crippen LogP) is 3.19. The standard InChI is InChI=1S/C18H19BrN2O3/c1-2-15(12-7-9-13(19)10-8-12)21-17(22)11-24-16-6-4-3-5-14(16)18(20)23/h3-10,15H,2,11H2,1H3,(H2,20,23)(H,21,22)/t15-/m0/s1. The quantitative estimate of drug-likeness (QED) is 0.761. The summed E-state index contributed by atoms with van der Waals surface area (Å²) < 4.78 is 6.43. The number of primary amides is 1. The average Bonchev–Trinajstić information content (AvgIpc) is 2.59. The Morgan fingerprint density at radius 3 is 2.46 bits per heavy atom. The summed E-state index contributed by atoms with van der Waals surface area (Å²) in [6, 6.07) is 14.3. The van der Waals surface area contributed by atoms with Crippen molar-refractivity contribution < 1.29 is 14.3 Å². The van der Waals surface area contributed by atoms with Gasteiger partial charge in [-0.1, -0.05) is 47.1 Å². The fourth-order valence-corrected chi connectivity index (χ4v) is 2.56. The zero-order valence-electron chi connectivity index (χ0n) is 13.3. The number of hydrogen-bond donors (Lipinski definition) is 2. The minimum absolute atomic E-state index is 0.0967.